The molecule has 5 nitrogen and oxygen atoms in total. The Morgan fingerprint density at radius 1 is 0.643 bits per heavy atom. The first-order chi connectivity index (χ1) is 34.7. The number of allylic oxidation sites excluding steroid dienone is 11. The second-order valence-corrected chi connectivity index (χ2v) is 21.7. The maximum atomic E-state index is 5.41. The van der Waals surface area contributed by atoms with Crippen LogP contribution in [0.2, 0.25) is 0 Å². The van der Waals surface area contributed by atoms with Gasteiger partial charge in [-0.2, -0.15) is 0 Å². The first kappa shape index (κ1) is 42.4. The summed E-state index contributed by atoms with van der Waals surface area (Å²) in [5.41, 5.74) is 17.0. The highest BCUT2D eigenvalue weighted by molar-refractivity contribution is 6.17. The molecule has 0 radical (unpaired) electrons. The van der Waals surface area contributed by atoms with E-state index in [9.17, 15) is 0 Å². The number of benzene rings is 4. The number of aliphatic imine (C=N–C) groups is 2. The van der Waals surface area contributed by atoms with Crippen molar-refractivity contribution in [2.75, 3.05) is 4.90 Å². The fourth-order valence-electron chi connectivity index (χ4n) is 14.6. The highest BCUT2D eigenvalue weighted by atomic mass is 15.2. The Balaban J connectivity index is 0.832. The molecule has 3 heterocycles. The smallest absolute Gasteiger partial charge is 0.169 e. The molecule has 1 saturated heterocycles. The van der Waals surface area contributed by atoms with Gasteiger partial charge in [0, 0.05) is 63.0 Å². The molecule has 350 valence electrons. The first-order valence-electron chi connectivity index (χ1n) is 27.2. The second kappa shape index (κ2) is 17.7. The monoisotopic (exact) mass is 916 g/mol. The molecule has 70 heavy (non-hydrogen) atoms. The molecular formula is C65H65N5. The van der Waals surface area contributed by atoms with E-state index in [2.05, 4.69) is 167 Å². The summed E-state index contributed by atoms with van der Waals surface area (Å²) in [5.74, 6) is 3.51. The number of rotatable bonds is 7. The Morgan fingerprint density at radius 2 is 1.49 bits per heavy atom. The van der Waals surface area contributed by atoms with Gasteiger partial charge in [-0.25, -0.2) is 9.98 Å². The minimum absolute atomic E-state index is 0.197. The molecule has 1 aromatic heterocycles. The van der Waals surface area contributed by atoms with Gasteiger partial charge in [-0.1, -0.05) is 157 Å². The lowest BCUT2D eigenvalue weighted by atomic mass is 9.69. The van der Waals surface area contributed by atoms with Crippen molar-refractivity contribution in [1.29, 1.82) is 0 Å². The Bertz CT molecular complexity index is 3230. The molecule has 7 aliphatic carbocycles. The van der Waals surface area contributed by atoms with Gasteiger partial charge in [0.25, 0.3) is 0 Å². The van der Waals surface area contributed by atoms with Crippen molar-refractivity contribution < 1.29 is 0 Å². The molecule has 7 atom stereocenters. The zero-order valence-electron chi connectivity index (χ0n) is 40.6. The predicted octanol–water partition coefficient (Wildman–Crippen LogP) is 15.7. The van der Waals surface area contributed by atoms with Crippen molar-refractivity contribution in [2.24, 2.45) is 21.8 Å². The van der Waals surface area contributed by atoms with Crippen LogP contribution in [0, 0.1) is 11.8 Å². The highest BCUT2D eigenvalue weighted by Gasteiger charge is 2.52. The third kappa shape index (κ3) is 7.24. The maximum Gasteiger partial charge on any atom is 0.169 e. The lowest BCUT2D eigenvalue weighted by Crippen LogP contribution is -2.40. The van der Waals surface area contributed by atoms with E-state index >= 15 is 0 Å². The third-order valence-corrected chi connectivity index (χ3v) is 17.9. The Hall–Kier alpha value is -6.46. The van der Waals surface area contributed by atoms with Gasteiger partial charge in [-0.05, 0) is 136 Å². The van der Waals surface area contributed by atoms with E-state index in [-0.39, 0.29) is 12.2 Å². The van der Waals surface area contributed by atoms with Crippen molar-refractivity contribution in [2.45, 2.75) is 133 Å². The molecule has 1 fully saturated rings. The molecule has 4 aromatic carbocycles. The molecule has 0 amide bonds. The zero-order valence-corrected chi connectivity index (χ0v) is 40.6. The van der Waals surface area contributed by atoms with Gasteiger partial charge in [0.05, 0.1) is 17.2 Å². The van der Waals surface area contributed by atoms with E-state index in [0.29, 0.717) is 29.8 Å². The molecule has 0 saturated carbocycles. The quantitative estimate of drug-likeness (QED) is 0.165. The number of aromatic nitrogens is 1. The van der Waals surface area contributed by atoms with E-state index < -0.39 is 0 Å². The summed E-state index contributed by atoms with van der Waals surface area (Å²) in [4.78, 5) is 13.8. The molecule has 14 rings (SSSR count). The molecule has 0 bridgehead atoms. The average Bonchev–Trinajstić information content (AvgIpc) is 3.96. The standard InChI is InChI=1S/C65H65N5/c1-3-15-42(16-4-1)44-27-31-47(32-28-44)63-66-64(48-33-29-45(30-34-48)43-17-5-2-6-18-43)68-65(67-63)49-35-38-51(39-36-49)69-56-25-13-12-24-55(56)61-59(69)41-50-20-8-10-22-53(50)62(61)70-57-26-14-11-23-54(57)60-52-21-9-7-19-46(52)37-40-58(60)70/h1,3,5,8,10-12,15,17,20,22-24,27-36,38,41,43,51,54,57-58,60,64H,2,4,6-7,9,13-14,16,18-19,21,25-26,37,39-40H2,(H,66,67,68). The van der Waals surface area contributed by atoms with Crippen LogP contribution in [0.5, 0.6) is 0 Å². The van der Waals surface area contributed by atoms with Crippen LogP contribution >= 0.6 is 0 Å². The lowest BCUT2D eigenvalue weighted by Gasteiger charge is -2.40. The normalized spacial score (nSPS) is 27.9. The van der Waals surface area contributed by atoms with Crippen LogP contribution in [0.4, 0.5) is 5.69 Å². The maximum absolute atomic E-state index is 5.41. The number of fused-ring (bicyclic) bond motifs is 8. The molecule has 2 aliphatic heterocycles. The topological polar surface area (TPSA) is 44.9 Å². The second-order valence-electron chi connectivity index (χ2n) is 21.7. The van der Waals surface area contributed by atoms with Gasteiger partial charge in [0.2, 0.25) is 0 Å². The van der Waals surface area contributed by atoms with Crippen molar-refractivity contribution in [3.63, 3.8) is 0 Å². The van der Waals surface area contributed by atoms with E-state index in [4.69, 9.17) is 9.98 Å². The number of hydrogen-bond acceptors (Lipinski definition) is 4. The van der Waals surface area contributed by atoms with E-state index in [1.807, 2.05) is 11.1 Å². The summed E-state index contributed by atoms with van der Waals surface area (Å²) in [7, 11) is 0. The van der Waals surface area contributed by atoms with Crippen LogP contribution in [0.1, 0.15) is 148 Å². The summed E-state index contributed by atoms with van der Waals surface area (Å²) in [6, 6.07) is 31.3. The fraction of sp³-hybridized carbons (Fsp3) is 0.354. The molecule has 1 N–H and O–H groups in total. The fourth-order valence-corrected chi connectivity index (χ4v) is 14.6. The zero-order chi connectivity index (χ0) is 46.1. The van der Waals surface area contributed by atoms with Crippen molar-refractivity contribution in [1.82, 2.24) is 9.88 Å². The Morgan fingerprint density at radius 3 is 2.34 bits per heavy atom. The van der Waals surface area contributed by atoms with Crippen LogP contribution in [-0.2, 0) is 6.42 Å². The van der Waals surface area contributed by atoms with Crippen LogP contribution in [0.25, 0.3) is 33.3 Å². The largest absolute Gasteiger partial charge is 0.363 e. The number of anilines is 1. The average molecular weight is 916 g/mol. The van der Waals surface area contributed by atoms with Crippen LogP contribution in [-0.4, -0.2) is 28.3 Å². The van der Waals surface area contributed by atoms with Crippen LogP contribution in [0.15, 0.2) is 172 Å². The third-order valence-electron chi connectivity index (χ3n) is 17.9. The number of amidine groups is 2. The van der Waals surface area contributed by atoms with Gasteiger partial charge in [-0.3, -0.25) is 0 Å². The minimum atomic E-state index is -0.339. The van der Waals surface area contributed by atoms with E-state index in [1.165, 1.54) is 126 Å². The van der Waals surface area contributed by atoms with E-state index in [0.717, 1.165) is 60.5 Å². The number of hydrogen-bond donors (Lipinski definition) is 1. The molecule has 0 spiro atoms. The molecular weight excluding hydrogens is 851 g/mol. The van der Waals surface area contributed by atoms with Crippen molar-refractivity contribution in [3.05, 3.63) is 196 Å². The molecule has 5 heteroatoms. The van der Waals surface area contributed by atoms with Gasteiger partial charge in [0.15, 0.2) is 6.17 Å². The number of nitrogens with one attached hydrogen (secondary N) is 1. The SMILES string of the molecule is C1=CCCC(c2ccc(C3=NC(c4ccc(C5C=CCCC5)cc4)N=C(C4=CCC(n5c6c(c7c(N8C9CCC=CC9C9C%10=C(CCCC%10)CCC98)c8ccccc8cc75)C=CCC6)C=C4)N3)cc2)=C1. The minimum Gasteiger partial charge on any atom is -0.363 e. The Labute approximate surface area is 414 Å². The van der Waals surface area contributed by atoms with Gasteiger partial charge in [0.1, 0.15) is 11.7 Å². The summed E-state index contributed by atoms with van der Waals surface area (Å²) in [5, 5.41) is 8.05. The lowest BCUT2D eigenvalue weighted by molar-refractivity contribution is 0.377. The Kier molecular flexibility index (Phi) is 10.8. The van der Waals surface area contributed by atoms with Gasteiger partial charge >= 0.3 is 0 Å². The molecule has 9 aliphatic rings. The predicted molar refractivity (Wildman–Crippen MR) is 293 cm³/mol. The van der Waals surface area contributed by atoms with E-state index in [1.54, 1.807) is 0 Å². The summed E-state index contributed by atoms with van der Waals surface area (Å²) in [6.45, 7) is 0. The first-order valence-corrected chi connectivity index (χ1v) is 27.2. The summed E-state index contributed by atoms with van der Waals surface area (Å²) < 4.78 is 2.76. The molecule has 5 aromatic rings. The van der Waals surface area contributed by atoms with Crippen LogP contribution < -0.4 is 10.2 Å². The molecule has 7 unspecified atom stereocenters. The summed E-state index contributed by atoms with van der Waals surface area (Å²) in [6.07, 6.45) is 47.8. The number of nitrogens with zero attached hydrogens (tertiary/aromatic N) is 4. The van der Waals surface area contributed by atoms with Crippen molar-refractivity contribution in [3.8, 4) is 0 Å². The van der Waals surface area contributed by atoms with Gasteiger partial charge < -0.3 is 14.8 Å². The van der Waals surface area contributed by atoms with Crippen LogP contribution in [0.3, 0.4) is 0 Å². The van der Waals surface area contributed by atoms with Gasteiger partial charge in [-0.15, -0.1) is 0 Å². The van der Waals surface area contributed by atoms with Crippen molar-refractivity contribution >= 4 is 50.7 Å². The highest BCUT2D eigenvalue weighted by Crippen LogP contribution is 2.56. The summed E-state index contributed by atoms with van der Waals surface area (Å²) >= 11 is 0.